The Balaban J connectivity index is 1.80. The maximum atomic E-state index is 12.5. The van der Waals surface area contributed by atoms with E-state index in [4.69, 9.17) is 9.47 Å². The van der Waals surface area contributed by atoms with Crippen LogP contribution in [0.4, 0.5) is 16.2 Å². The van der Waals surface area contributed by atoms with Crippen LogP contribution in [0.15, 0.2) is 42.5 Å². The van der Waals surface area contributed by atoms with Crippen LogP contribution in [0.3, 0.4) is 0 Å². The third-order valence-electron chi connectivity index (χ3n) is 3.94. The van der Waals surface area contributed by atoms with E-state index < -0.39 is 6.03 Å². The summed E-state index contributed by atoms with van der Waals surface area (Å²) in [6, 6.07) is 11.9. The lowest BCUT2D eigenvalue weighted by molar-refractivity contribution is -0.106. The molecule has 1 aliphatic heterocycles. The number of imide groups is 1. The van der Waals surface area contributed by atoms with Crippen molar-refractivity contribution < 1.29 is 19.1 Å². The van der Waals surface area contributed by atoms with Crippen LogP contribution < -0.4 is 19.7 Å². The number of carbonyl (C=O) groups is 2. The first-order valence-electron chi connectivity index (χ1n) is 7.94. The molecule has 2 aromatic rings. The van der Waals surface area contributed by atoms with Crippen molar-refractivity contribution in [3.8, 4) is 11.5 Å². The molecule has 0 aromatic heterocycles. The molecule has 0 unspecified atom stereocenters. The third-order valence-corrected chi connectivity index (χ3v) is 3.94. The largest absolute Gasteiger partial charge is 0.454 e. The number of hydrogen-bond donors (Lipinski definition) is 1. The van der Waals surface area contributed by atoms with Gasteiger partial charge in [0.2, 0.25) is 13.2 Å². The highest BCUT2D eigenvalue weighted by Gasteiger charge is 2.20. The molecule has 1 N–H and O–H groups in total. The molecule has 0 aliphatic carbocycles. The summed E-state index contributed by atoms with van der Waals surface area (Å²) in [5.74, 6) is 1.10. The number of fused-ring (bicyclic) bond motifs is 1. The molecule has 130 valence electrons. The Morgan fingerprint density at radius 1 is 1.12 bits per heavy atom. The van der Waals surface area contributed by atoms with Gasteiger partial charge in [-0.05, 0) is 35.2 Å². The predicted octanol–water partition coefficient (Wildman–Crippen LogP) is 3.91. The van der Waals surface area contributed by atoms with Crippen molar-refractivity contribution in [2.24, 2.45) is 0 Å². The molecule has 0 radical (unpaired) electrons. The summed E-state index contributed by atoms with van der Waals surface area (Å²) in [5.41, 5.74) is 2.09. The zero-order valence-corrected chi connectivity index (χ0v) is 14.4. The number of urea groups is 1. The first kappa shape index (κ1) is 16.8. The summed E-state index contributed by atoms with van der Waals surface area (Å²) in [4.78, 5) is 25.0. The standard InChI is InChI=1S/C19H20N2O4/c1-19(2,3)13-5-4-6-14(9-13)20-18(23)21(11-22)15-7-8-16-17(10-15)25-12-24-16/h4-11H,12H2,1-3H3,(H,20,23). The molecule has 6 nitrogen and oxygen atoms in total. The summed E-state index contributed by atoms with van der Waals surface area (Å²) in [7, 11) is 0. The van der Waals surface area contributed by atoms with Gasteiger partial charge in [-0.3, -0.25) is 4.79 Å². The Morgan fingerprint density at radius 3 is 2.60 bits per heavy atom. The highest BCUT2D eigenvalue weighted by Crippen LogP contribution is 2.35. The molecule has 0 fully saturated rings. The van der Waals surface area contributed by atoms with Crippen molar-refractivity contribution in [2.45, 2.75) is 26.2 Å². The molecule has 6 heteroatoms. The lowest BCUT2D eigenvalue weighted by Crippen LogP contribution is -2.33. The molecule has 25 heavy (non-hydrogen) atoms. The highest BCUT2D eigenvalue weighted by atomic mass is 16.7. The number of amides is 3. The molecular formula is C19H20N2O4. The van der Waals surface area contributed by atoms with Crippen LogP contribution in [0, 0.1) is 0 Å². The predicted molar refractivity (Wildman–Crippen MR) is 95.3 cm³/mol. The van der Waals surface area contributed by atoms with E-state index in [-0.39, 0.29) is 12.2 Å². The van der Waals surface area contributed by atoms with E-state index in [1.54, 1.807) is 24.3 Å². The zero-order valence-electron chi connectivity index (χ0n) is 14.4. The SMILES string of the molecule is CC(C)(C)c1cccc(NC(=O)N(C=O)c2ccc3c(c2)OCO3)c1. The minimum Gasteiger partial charge on any atom is -0.454 e. The van der Waals surface area contributed by atoms with Gasteiger partial charge in [0.1, 0.15) is 0 Å². The van der Waals surface area contributed by atoms with Crippen LogP contribution in [0.5, 0.6) is 11.5 Å². The van der Waals surface area contributed by atoms with Crippen LogP contribution in [-0.2, 0) is 10.2 Å². The number of carbonyl (C=O) groups excluding carboxylic acids is 2. The maximum absolute atomic E-state index is 12.5. The quantitative estimate of drug-likeness (QED) is 0.860. The van der Waals surface area contributed by atoms with Crippen molar-refractivity contribution >= 4 is 23.8 Å². The number of nitrogens with one attached hydrogen (secondary N) is 1. The monoisotopic (exact) mass is 340 g/mol. The van der Waals surface area contributed by atoms with Gasteiger partial charge in [0, 0.05) is 11.8 Å². The van der Waals surface area contributed by atoms with Crippen molar-refractivity contribution in [1.82, 2.24) is 0 Å². The van der Waals surface area contributed by atoms with E-state index in [2.05, 4.69) is 26.1 Å². The topological polar surface area (TPSA) is 67.9 Å². The molecular weight excluding hydrogens is 320 g/mol. The second-order valence-corrected chi connectivity index (χ2v) is 6.77. The van der Waals surface area contributed by atoms with Gasteiger partial charge in [-0.15, -0.1) is 0 Å². The van der Waals surface area contributed by atoms with Gasteiger partial charge >= 0.3 is 6.03 Å². The van der Waals surface area contributed by atoms with Crippen molar-refractivity contribution in [2.75, 3.05) is 17.0 Å². The summed E-state index contributed by atoms with van der Waals surface area (Å²) >= 11 is 0. The van der Waals surface area contributed by atoms with E-state index in [0.717, 1.165) is 10.5 Å². The molecule has 3 amide bonds. The van der Waals surface area contributed by atoms with E-state index >= 15 is 0 Å². The highest BCUT2D eigenvalue weighted by molar-refractivity contribution is 6.12. The fourth-order valence-corrected chi connectivity index (χ4v) is 2.51. The Bertz CT molecular complexity index is 811. The van der Waals surface area contributed by atoms with Gasteiger partial charge in [-0.1, -0.05) is 32.9 Å². The van der Waals surface area contributed by atoms with E-state index in [1.807, 2.05) is 18.2 Å². The van der Waals surface area contributed by atoms with Gasteiger partial charge in [0.15, 0.2) is 11.5 Å². The third kappa shape index (κ3) is 3.57. The van der Waals surface area contributed by atoms with E-state index in [0.29, 0.717) is 29.3 Å². The number of anilines is 2. The first-order chi connectivity index (χ1) is 11.9. The average Bonchev–Trinajstić information content (AvgIpc) is 3.03. The molecule has 0 saturated heterocycles. The lowest BCUT2D eigenvalue weighted by atomic mass is 9.87. The molecule has 0 saturated carbocycles. The Labute approximate surface area is 146 Å². The number of benzene rings is 2. The number of rotatable bonds is 3. The smallest absolute Gasteiger partial charge is 0.332 e. The van der Waals surface area contributed by atoms with Crippen LogP contribution in [0.1, 0.15) is 26.3 Å². The lowest BCUT2D eigenvalue weighted by Gasteiger charge is -2.21. The molecule has 0 bridgehead atoms. The molecule has 2 aromatic carbocycles. The van der Waals surface area contributed by atoms with E-state index in [1.165, 1.54) is 0 Å². The Kier molecular flexibility index (Phi) is 4.35. The van der Waals surface area contributed by atoms with Gasteiger partial charge in [0.05, 0.1) is 5.69 Å². The fourth-order valence-electron chi connectivity index (χ4n) is 2.51. The summed E-state index contributed by atoms with van der Waals surface area (Å²) < 4.78 is 10.5. The zero-order chi connectivity index (χ0) is 18.0. The normalized spacial score (nSPS) is 12.6. The summed E-state index contributed by atoms with van der Waals surface area (Å²) in [6.07, 6.45) is 0.473. The van der Waals surface area contributed by atoms with Gasteiger partial charge in [-0.25, -0.2) is 9.69 Å². The molecule has 1 heterocycles. The number of ether oxygens (including phenoxy) is 2. The van der Waals surface area contributed by atoms with Crippen LogP contribution in [0.2, 0.25) is 0 Å². The molecule has 0 atom stereocenters. The fraction of sp³-hybridized carbons (Fsp3) is 0.263. The minimum absolute atomic E-state index is 0.0393. The molecule has 0 spiro atoms. The molecule has 1 aliphatic rings. The van der Waals surface area contributed by atoms with Gasteiger partial charge < -0.3 is 14.8 Å². The summed E-state index contributed by atoms with van der Waals surface area (Å²) in [5, 5.41) is 2.76. The van der Waals surface area contributed by atoms with Crippen molar-refractivity contribution in [3.63, 3.8) is 0 Å². The van der Waals surface area contributed by atoms with Crippen molar-refractivity contribution in [3.05, 3.63) is 48.0 Å². The second-order valence-electron chi connectivity index (χ2n) is 6.77. The molecule has 3 rings (SSSR count). The van der Waals surface area contributed by atoms with Crippen LogP contribution in [-0.4, -0.2) is 19.2 Å². The minimum atomic E-state index is -0.542. The average molecular weight is 340 g/mol. The van der Waals surface area contributed by atoms with E-state index in [9.17, 15) is 9.59 Å². The maximum Gasteiger partial charge on any atom is 0.332 e. The number of nitrogens with zero attached hydrogens (tertiary/aromatic N) is 1. The van der Waals surface area contributed by atoms with Gasteiger partial charge in [0.25, 0.3) is 0 Å². The number of hydrogen-bond acceptors (Lipinski definition) is 4. The van der Waals surface area contributed by atoms with Crippen LogP contribution >= 0.6 is 0 Å². The Morgan fingerprint density at radius 2 is 1.88 bits per heavy atom. The first-order valence-corrected chi connectivity index (χ1v) is 7.94. The van der Waals surface area contributed by atoms with Gasteiger partial charge in [-0.2, -0.15) is 0 Å². The Hall–Kier alpha value is -3.02. The van der Waals surface area contributed by atoms with Crippen molar-refractivity contribution in [1.29, 1.82) is 0 Å². The summed E-state index contributed by atoms with van der Waals surface area (Å²) in [6.45, 7) is 6.42. The second kappa shape index (κ2) is 6.47. The van der Waals surface area contributed by atoms with Crippen LogP contribution in [0.25, 0.3) is 0 Å².